The molecule has 1 heterocycles. The Labute approximate surface area is 86.8 Å². The van der Waals surface area contributed by atoms with E-state index < -0.39 is 40.0 Å². The zero-order valence-electron chi connectivity index (χ0n) is 7.92. The lowest BCUT2D eigenvalue weighted by Gasteiger charge is -2.15. The molecule has 1 aliphatic heterocycles. The van der Waals surface area contributed by atoms with Gasteiger partial charge in [0.25, 0.3) is 0 Å². The van der Waals surface area contributed by atoms with E-state index in [-0.39, 0.29) is 17.9 Å². The normalized spacial score (nSPS) is 26.0. The van der Waals surface area contributed by atoms with Crippen molar-refractivity contribution in [3.05, 3.63) is 0 Å². The molecule has 0 aromatic carbocycles. The molecule has 2 unspecified atom stereocenters. The molecule has 0 aromatic rings. The molecule has 1 fully saturated rings. The van der Waals surface area contributed by atoms with Gasteiger partial charge in [0, 0.05) is 0 Å². The second-order valence-corrected chi connectivity index (χ2v) is 5.93. The molecule has 1 rings (SSSR count). The first kappa shape index (κ1) is 12.0. The Kier molecular flexibility index (Phi) is 3.33. The molecule has 1 aliphatic rings. The van der Waals surface area contributed by atoms with Crippen molar-refractivity contribution < 1.29 is 28.2 Å². The lowest BCUT2D eigenvalue weighted by atomic mass is 9.89. The number of rotatable bonds is 4. The van der Waals surface area contributed by atoms with Crippen molar-refractivity contribution in [1.29, 1.82) is 0 Å². The van der Waals surface area contributed by atoms with Gasteiger partial charge in [-0.05, 0) is 12.3 Å². The van der Waals surface area contributed by atoms with Crippen molar-refractivity contribution in [3.63, 3.8) is 0 Å². The van der Waals surface area contributed by atoms with Crippen LogP contribution in [-0.2, 0) is 19.4 Å². The summed E-state index contributed by atoms with van der Waals surface area (Å²) < 4.78 is 22.2. The summed E-state index contributed by atoms with van der Waals surface area (Å²) in [5.74, 6) is -4.37. The molecular weight excluding hydrogens is 224 g/mol. The highest BCUT2D eigenvalue weighted by atomic mass is 32.2. The van der Waals surface area contributed by atoms with Gasteiger partial charge in [-0.3, -0.25) is 9.59 Å². The van der Waals surface area contributed by atoms with Gasteiger partial charge in [0.2, 0.25) is 0 Å². The Morgan fingerprint density at radius 1 is 1.33 bits per heavy atom. The summed E-state index contributed by atoms with van der Waals surface area (Å²) in [4.78, 5) is 21.2. The van der Waals surface area contributed by atoms with Crippen molar-refractivity contribution in [1.82, 2.24) is 0 Å². The standard InChI is InChI=1S/C8H12O6S/c9-7(10)3-6(8(11)12)5-1-2-15(13,14)4-5/h5-6H,1-4H2,(H,9,10)(H,11,12). The molecule has 1 saturated heterocycles. The summed E-state index contributed by atoms with van der Waals surface area (Å²) in [5.41, 5.74) is 0. The largest absolute Gasteiger partial charge is 0.481 e. The molecule has 7 heteroatoms. The van der Waals surface area contributed by atoms with Crippen LogP contribution in [0.25, 0.3) is 0 Å². The summed E-state index contributed by atoms with van der Waals surface area (Å²) in [5, 5.41) is 17.3. The highest BCUT2D eigenvalue weighted by Gasteiger charge is 2.38. The number of aliphatic carboxylic acids is 2. The smallest absolute Gasteiger partial charge is 0.307 e. The van der Waals surface area contributed by atoms with Gasteiger partial charge in [-0.2, -0.15) is 0 Å². The van der Waals surface area contributed by atoms with Crippen molar-refractivity contribution >= 4 is 21.8 Å². The summed E-state index contributed by atoms with van der Waals surface area (Å²) in [6.45, 7) is 0. The van der Waals surface area contributed by atoms with Crippen molar-refractivity contribution in [2.24, 2.45) is 11.8 Å². The van der Waals surface area contributed by atoms with E-state index in [1.807, 2.05) is 0 Å². The van der Waals surface area contributed by atoms with Gasteiger partial charge in [0.1, 0.15) is 0 Å². The fourth-order valence-electron chi connectivity index (χ4n) is 1.78. The molecule has 2 atom stereocenters. The molecular formula is C8H12O6S. The zero-order valence-corrected chi connectivity index (χ0v) is 8.74. The van der Waals surface area contributed by atoms with Gasteiger partial charge in [0.05, 0.1) is 23.8 Å². The van der Waals surface area contributed by atoms with E-state index in [1.54, 1.807) is 0 Å². The second kappa shape index (κ2) is 4.18. The molecule has 0 aliphatic carbocycles. The maximum absolute atomic E-state index is 11.1. The molecule has 6 nitrogen and oxygen atoms in total. The molecule has 0 spiro atoms. The topological polar surface area (TPSA) is 109 Å². The zero-order chi connectivity index (χ0) is 11.6. The van der Waals surface area contributed by atoms with E-state index in [4.69, 9.17) is 10.2 Å². The average molecular weight is 236 g/mol. The third-order valence-corrected chi connectivity index (χ3v) is 4.34. The second-order valence-electron chi connectivity index (χ2n) is 3.71. The number of carboxylic acid groups (broad SMARTS) is 2. The summed E-state index contributed by atoms with van der Waals surface area (Å²) in [6, 6.07) is 0. The third kappa shape index (κ3) is 3.19. The van der Waals surface area contributed by atoms with E-state index in [1.165, 1.54) is 0 Å². The predicted molar refractivity (Wildman–Crippen MR) is 50.1 cm³/mol. The van der Waals surface area contributed by atoms with Crippen LogP contribution in [0, 0.1) is 11.8 Å². The first-order chi connectivity index (χ1) is 6.82. The van der Waals surface area contributed by atoms with Crippen LogP contribution in [0.15, 0.2) is 0 Å². The van der Waals surface area contributed by atoms with Gasteiger partial charge < -0.3 is 10.2 Å². The average Bonchev–Trinajstić information content (AvgIpc) is 2.41. The van der Waals surface area contributed by atoms with Crippen molar-refractivity contribution in [2.45, 2.75) is 12.8 Å². The van der Waals surface area contributed by atoms with E-state index >= 15 is 0 Å². The van der Waals surface area contributed by atoms with E-state index in [0.29, 0.717) is 0 Å². The molecule has 0 aromatic heterocycles. The number of hydrogen-bond donors (Lipinski definition) is 2. The number of sulfone groups is 1. The fourth-order valence-corrected chi connectivity index (χ4v) is 3.66. The number of carbonyl (C=O) groups is 2. The molecule has 0 saturated carbocycles. The minimum atomic E-state index is -3.17. The molecule has 2 N–H and O–H groups in total. The van der Waals surface area contributed by atoms with Crippen LogP contribution in [0.1, 0.15) is 12.8 Å². The Hall–Kier alpha value is -1.11. The minimum Gasteiger partial charge on any atom is -0.481 e. The van der Waals surface area contributed by atoms with Crippen LogP contribution in [0.3, 0.4) is 0 Å². The number of hydrogen-bond acceptors (Lipinski definition) is 4. The van der Waals surface area contributed by atoms with Gasteiger partial charge in [0.15, 0.2) is 9.84 Å². The van der Waals surface area contributed by atoms with Crippen molar-refractivity contribution in [2.75, 3.05) is 11.5 Å². The predicted octanol–water partition coefficient (Wildman–Crippen LogP) is -0.403. The highest BCUT2D eigenvalue weighted by Crippen LogP contribution is 2.28. The summed E-state index contributed by atoms with van der Waals surface area (Å²) in [7, 11) is -3.17. The molecule has 86 valence electrons. The Balaban J connectivity index is 2.74. The Morgan fingerprint density at radius 3 is 2.27 bits per heavy atom. The molecule has 0 radical (unpaired) electrons. The lowest BCUT2D eigenvalue weighted by Crippen LogP contribution is -2.27. The van der Waals surface area contributed by atoms with E-state index in [2.05, 4.69) is 0 Å². The summed E-state index contributed by atoms with van der Waals surface area (Å²) >= 11 is 0. The number of carboxylic acids is 2. The van der Waals surface area contributed by atoms with Crippen LogP contribution in [-0.4, -0.2) is 42.1 Å². The van der Waals surface area contributed by atoms with E-state index in [9.17, 15) is 18.0 Å². The van der Waals surface area contributed by atoms with Crippen LogP contribution in [0.2, 0.25) is 0 Å². The molecule has 15 heavy (non-hydrogen) atoms. The third-order valence-electron chi connectivity index (χ3n) is 2.55. The van der Waals surface area contributed by atoms with Crippen LogP contribution in [0.5, 0.6) is 0 Å². The van der Waals surface area contributed by atoms with Crippen molar-refractivity contribution in [3.8, 4) is 0 Å². The lowest BCUT2D eigenvalue weighted by molar-refractivity contribution is -0.149. The minimum absolute atomic E-state index is 0.0406. The first-order valence-corrected chi connectivity index (χ1v) is 6.29. The van der Waals surface area contributed by atoms with Crippen LogP contribution >= 0.6 is 0 Å². The maximum atomic E-state index is 11.1. The van der Waals surface area contributed by atoms with Gasteiger partial charge >= 0.3 is 11.9 Å². The molecule has 0 bridgehead atoms. The quantitative estimate of drug-likeness (QED) is 0.687. The first-order valence-electron chi connectivity index (χ1n) is 4.47. The van der Waals surface area contributed by atoms with Gasteiger partial charge in [-0.25, -0.2) is 8.42 Å². The van der Waals surface area contributed by atoms with Gasteiger partial charge in [-0.15, -0.1) is 0 Å². The Morgan fingerprint density at radius 2 is 1.93 bits per heavy atom. The van der Waals surface area contributed by atoms with Gasteiger partial charge in [-0.1, -0.05) is 0 Å². The monoisotopic (exact) mass is 236 g/mol. The fraction of sp³-hybridized carbons (Fsp3) is 0.750. The SMILES string of the molecule is O=C(O)CC(C(=O)O)C1CCS(=O)(=O)C1. The molecule has 0 amide bonds. The van der Waals surface area contributed by atoms with E-state index in [0.717, 1.165) is 0 Å². The van der Waals surface area contributed by atoms with Crippen LogP contribution < -0.4 is 0 Å². The highest BCUT2D eigenvalue weighted by molar-refractivity contribution is 7.91. The Bertz CT molecular complexity index is 371. The van der Waals surface area contributed by atoms with Crippen LogP contribution in [0.4, 0.5) is 0 Å². The maximum Gasteiger partial charge on any atom is 0.307 e. The summed E-state index contributed by atoms with van der Waals surface area (Å²) in [6.07, 6.45) is -0.276.